The number of nitrogens with zero attached hydrogens (tertiary/aromatic N) is 1. The summed E-state index contributed by atoms with van der Waals surface area (Å²) in [5, 5.41) is 26.7. The highest BCUT2D eigenvalue weighted by molar-refractivity contribution is 7.81. The van der Waals surface area contributed by atoms with Crippen molar-refractivity contribution in [2.24, 2.45) is 11.5 Å². The van der Waals surface area contributed by atoms with Crippen molar-refractivity contribution in [3.8, 4) is 0 Å². The highest BCUT2D eigenvalue weighted by atomic mass is 32.3. The van der Waals surface area contributed by atoms with E-state index in [4.69, 9.17) is 16.2 Å². The van der Waals surface area contributed by atoms with Crippen molar-refractivity contribution in [1.29, 1.82) is 0 Å². The Balaban J connectivity index is 1.87. The van der Waals surface area contributed by atoms with Gasteiger partial charge < -0.3 is 24.1 Å². The van der Waals surface area contributed by atoms with Crippen molar-refractivity contribution in [3.63, 3.8) is 0 Å². The van der Waals surface area contributed by atoms with Crippen LogP contribution in [0.15, 0.2) is 0 Å². The Bertz CT molecular complexity index is 1060. The van der Waals surface area contributed by atoms with E-state index in [1.165, 1.54) is 5.48 Å². The van der Waals surface area contributed by atoms with Crippen LogP contribution >= 0.6 is 0 Å². The maximum Gasteiger partial charge on any atom is 0.432 e. The molecule has 31 heavy (non-hydrogen) atoms. The molecule has 1 amide bonds. The summed E-state index contributed by atoms with van der Waals surface area (Å²) in [6.07, 6.45) is -3.50. The van der Waals surface area contributed by atoms with Crippen molar-refractivity contribution >= 4 is 38.8 Å². The molecule has 0 aromatic rings. The zero-order valence-electron chi connectivity index (χ0n) is 15.0. The third-order valence-electron chi connectivity index (χ3n) is 4.75. The first-order valence-corrected chi connectivity index (χ1v) is 10.7. The molecule has 0 radical (unpaired) electrons. The molecule has 19 nitrogen and oxygen atoms in total. The van der Waals surface area contributed by atoms with Gasteiger partial charge in [-0.15, -0.1) is 0 Å². The number of hydrogen-bond donors (Lipinski definition) is 8. The molecule has 0 aliphatic carbocycles. The number of rotatable bonds is 6. The number of hydrogen-bond acceptors (Lipinski definition) is 16. The van der Waals surface area contributed by atoms with Crippen LogP contribution < -0.4 is 32.6 Å². The van der Waals surface area contributed by atoms with E-state index in [1.54, 1.807) is 0 Å². The molecular formula is C10H17N7O12S2. The fourth-order valence-electron chi connectivity index (χ4n) is 3.72. The number of nitrogens with two attached hydrogens (primary N) is 2. The van der Waals surface area contributed by atoms with Gasteiger partial charge in [-0.25, -0.2) is 31.5 Å². The first-order valence-electron chi connectivity index (χ1n) is 8.06. The number of amides is 1. The van der Waals surface area contributed by atoms with Gasteiger partial charge in [0, 0.05) is 0 Å². The molecule has 21 heteroatoms. The zero-order valence-corrected chi connectivity index (χ0v) is 16.7. The van der Waals surface area contributed by atoms with Crippen LogP contribution in [0.3, 0.4) is 0 Å². The molecule has 0 aromatic carbocycles. The number of guanidine groups is 2. The van der Waals surface area contributed by atoms with Crippen LogP contribution in [0.25, 0.3) is 0 Å². The molecule has 3 rings (SSSR count). The van der Waals surface area contributed by atoms with E-state index >= 15 is 0 Å². The molecule has 3 aliphatic heterocycles. The summed E-state index contributed by atoms with van der Waals surface area (Å²) >= 11 is 0. The van der Waals surface area contributed by atoms with Crippen molar-refractivity contribution in [1.82, 2.24) is 16.1 Å². The lowest BCUT2D eigenvalue weighted by molar-refractivity contribution is -0.674. The second kappa shape index (κ2) is 7.27. The summed E-state index contributed by atoms with van der Waals surface area (Å²) in [5.41, 5.74) is 10.7. The van der Waals surface area contributed by atoms with Crippen molar-refractivity contribution < 1.29 is 63.7 Å². The van der Waals surface area contributed by atoms with Gasteiger partial charge >= 0.3 is 18.0 Å². The lowest BCUT2D eigenvalue weighted by atomic mass is 9.86. The Labute approximate surface area is 173 Å². The van der Waals surface area contributed by atoms with Crippen LogP contribution in [0, 0.1) is 0 Å². The first kappa shape index (κ1) is 23.1. The number of carbonyl (C=O) groups is 1. The summed E-state index contributed by atoms with van der Waals surface area (Å²) in [4.78, 5) is 14.1. The predicted octanol–water partition coefficient (Wildman–Crippen LogP) is -8.99. The summed E-state index contributed by atoms with van der Waals surface area (Å²) < 4.78 is 77.6. The van der Waals surface area contributed by atoms with Crippen LogP contribution in [-0.4, -0.2) is 102 Å². The van der Waals surface area contributed by atoms with E-state index in [2.05, 4.69) is 24.1 Å². The van der Waals surface area contributed by atoms with Gasteiger partial charge in [0.2, 0.25) is 20.8 Å². The lowest BCUT2D eigenvalue weighted by Crippen LogP contribution is -2.91. The quantitative estimate of drug-likeness (QED) is 0.0562. The van der Waals surface area contributed by atoms with Gasteiger partial charge in [-0.1, -0.05) is 0 Å². The number of nitrogens with one attached hydrogen (secondary N) is 4. The molecule has 1 spiro atoms. The molecule has 3 unspecified atom stereocenters. The monoisotopic (exact) mass is 491 g/mol. The molecule has 1 fully saturated rings. The molecule has 0 aromatic heterocycles. The van der Waals surface area contributed by atoms with Gasteiger partial charge in [0.1, 0.15) is 19.2 Å². The van der Waals surface area contributed by atoms with E-state index in [1.807, 2.05) is 0 Å². The average Bonchev–Trinajstić information content (AvgIpc) is 3.06. The van der Waals surface area contributed by atoms with Crippen molar-refractivity contribution in [2.75, 3.05) is 13.2 Å². The standard InChI is InChI=1S/C10H17N7O12S2/c11-6-14-5-3(2-27-8(18)16-29-31(24,25)26)13-7(12)17-1-4(28-30(21,22)23)10(19,20)9(5,17)15-6/h3-5,19-20H,1-2H2,(H8,11,12,13,14,15,16,18,21,22,23,24,25,26)/t3?,4-,5?,9?/m0/s1. The smallest absolute Gasteiger partial charge is 0.432 e. The molecule has 0 saturated carbocycles. The Kier molecular flexibility index (Phi) is 5.42. The topological polar surface area (TPSA) is 305 Å². The van der Waals surface area contributed by atoms with Crippen LogP contribution in [0.2, 0.25) is 0 Å². The first-order chi connectivity index (χ1) is 14.1. The van der Waals surface area contributed by atoms with Gasteiger partial charge in [0.05, 0.1) is 0 Å². The summed E-state index contributed by atoms with van der Waals surface area (Å²) in [6.45, 7) is -1.23. The maximum absolute atomic E-state index is 11.5. The number of ether oxygens (including phenoxy) is 1. The Hall–Kier alpha value is -2.53. The largest absolute Gasteiger partial charge is 0.726 e. The van der Waals surface area contributed by atoms with Crippen molar-refractivity contribution in [2.45, 2.75) is 29.6 Å². The highest BCUT2D eigenvalue weighted by Crippen LogP contribution is 2.39. The van der Waals surface area contributed by atoms with Gasteiger partial charge in [-0.05, 0) is 0 Å². The van der Waals surface area contributed by atoms with Gasteiger partial charge in [-0.2, -0.15) is 9.76 Å². The minimum Gasteiger partial charge on any atom is -0.726 e. The molecule has 1 saturated heterocycles. The molecule has 4 atom stereocenters. The molecular weight excluding hydrogens is 474 g/mol. The Morgan fingerprint density at radius 2 is 1.94 bits per heavy atom. The normalized spacial score (nSPS) is 31.7. The summed E-state index contributed by atoms with van der Waals surface area (Å²) in [6, 6.07) is -2.32. The molecule has 0 bridgehead atoms. The maximum atomic E-state index is 11.5. The van der Waals surface area contributed by atoms with E-state index in [0.29, 0.717) is 0 Å². The minimum atomic E-state index is -5.36. The van der Waals surface area contributed by atoms with E-state index < -0.39 is 69.7 Å². The molecule has 10 N–H and O–H groups in total. The zero-order chi connectivity index (χ0) is 23.4. The number of carbonyl (C=O) groups excluding carboxylic acids is 1. The number of hydroxylamine groups is 1. The SMILES string of the molecule is NC1=[NH+]C2C(COC(=O)NOS(=O)(=O)[O-])NC(N)=[N+]3C[C@H](OS(=O)(=O)[O-])C(O)(O)C23N1. The van der Waals surface area contributed by atoms with Gasteiger partial charge in [0.15, 0.2) is 12.1 Å². The van der Waals surface area contributed by atoms with Gasteiger partial charge in [-0.3, -0.25) is 26.0 Å². The van der Waals surface area contributed by atoms with Crippen LogP contribution in [0.5, 0.6) is 0 Å². The summed E-state index contributed by atoms with van der Waals surface area (Å²) in [7, 11) is -10.6. The Morgan fingerprint density at radius 1 is 1.29 bits per heavy atom. The third kappa shape index (κ3) is 4.16. The van der Waals surface area contributed by atoms with Crippen LogP contribution in [-0.2, 0) is 34.0 Å². The van der Waals surface area contributed by atoms with Crippen LogP contribution in [0.4, 0.5) is 4.79 Å². The van der Waals surface area contributed by atoms with Crippen LogP contribution in [0.1, 0.15) is 0 Å². The predicted molar refractivity (Wildman–Crippen MR) is 88.1 cm³/mol. The third-order valence-corrected chi connectivity index (χ3v) is 5.51. The lowest BCUT2D eigenvalue weighted by Gasteiger charge is -2.40. The molecule has 3 heterocycles. The second-order valence-corrected chi connectivity index (χ2v) is 8.58. The average molecular weight is 491 g/mol. The fraction of sp³-hybridized carbons (Fsp3) is 0.700. The second-order valence-electron chi connectivity index (χ2n) is 6.59. The number of aliphatic hydroxyl groups is 2. The van der Waals surface area contributed by atoms with E-state index in [9.17, 15) is 40.9 Å². The highest BCUT2D eigenvalue weighted by Gasteiger charge is 2.78. The van der Waals surface area contributed by atoms with Crippen molar-refractivity contribution in [3.05, 3.63) is 0 Å². The van der Waals surface area contributed by atoms with Gasteiger partial charge in [0.25, 0.3) is 11.4 Å². The van der Waals surface area contributed by atoms with E-state index in [-0.39, 0.29) is 11.9 Å². The Morgan fingerprint density at radius 3 is 2.52 bits per heavy atom. The molecule has 176 valence electrons. The minimum absolute atomic E-state index is 0.222. The van der Waals surface area contributed by atoms with E-state index in [0.717, 1.165) is 4.58 Å². The fourth-order valence-corrected chi connectivity index (χ4v) is 4.37. The molecule has 3 aliphatic rings. The summed E-state index contributed by atoms with van der Waals surface area (Å²) in [5.74, 6) is -3.59.